The van der Waals surface area contributed by atoms with Gasteiger partial charge in [-0.2, -0.15) is 5.26 Å². The molecule has 0 heterocycles. The van der Waals surface area contributed by atoms with Crippen LogP contribution in [-0.4, -0.2) is 37.6 Å². The third-order valence-corrected chi connectivity index (χ3v) is 2.72. The Balaban J connectivity index is 2.36. The number of nitrogens with zero attached hydrogens (tertiary/aromatic N) is 2. The molecule has 112 valence electrons. The quantitative estimate of drug-likeness (QED) is 0.555. The van der Waals surface area contributed by atoms with Gasteiger partial charge in [-0.15, -0.1) is 0 Å². The summed E-state index contributed by atoms with van der Waals surface area (Å²) in [6.45, 7) is 5.47. The largest absolute Gasteiger partial charge is 0.490 e. The highest BCUT2D eigenvalue weighted by atomic mass is 16.5. The molecule has 0 atom stereocenters. The summed E-state index contributed by atoms with van der Waals surface area (Å²) in [6, 6.07) is 9.74. The maximum absolute atomic E-state index is 11.6. The molecule has 0 aliphatic heterocycles. The van der Waals surface area contributed by atoms with E-state index in [2.05, 4.69) is 11.9 Å². The first-order valence-corrected chi connectivity index (χ1v) is 6.80. The lowest BCUT2D eigenvalue weighted by molar-refractivity contribution is -0.122. The van der Waals surface area contributed by atoms with Crippen LogP contribution in [0.5, 0.6) is 5.75 Å². The first-order valence-electron chi connectivity index (χ1n) is 6.80. The zero-order valence-corrected chi connectivity index (χ0v) is 12.3. The van der Waals surface area contributed by atoms with Crippen LogP contribution in [0.2, 0.25) is 0 Å². The van der Waals surface area contributed by atoms with Crippen molar-refractivity contribution in [2.75, 3.05) is 26.7 Å². The molecule has 5 heteroatoms. The minimum atomic E-state index is -0.0707. The Morgan fingerprint density at radius 2 is 2.19 bits per heavy atom. The molecule has 0 spiro atoms. The Morgan fingerprint density at radius 3 is 2.81 bits per heavy atom. The number of ether oxygens (including phenoxy) is 1. The fourth-order valence-corrected chi connectivity index (χ4v) is 1.77. The van der Waals surface area contributed by atoms with Crippen molar-refractivity contribution in [3.8, 4) is 11.8 Å². The molecule has 0 aliphatic rings. The summed E-state index contributed by atoms with van der Waals surface area (Å²) in [5.74, 6) is 0.731. The number of hydrogen-bond donors (Lipinski definition) is 1. The number of hydrogen-bond acceptors (Lipinski definition) is 4. The van der Waals surface area contributed by atoms with Crippen LogP contribution in [0.15, 0.2) is 36.9 Å². The Bertz CT molecular complexity index is 491. The highest BCUT2D eigenvalue weighted by molar-refractivity contribution is 5.77. The van der Waals surface area contributed by atoms with E-state index in [4.69, 9.17) is 10.00 Å². The van der Waals surface area contributed by atoms with E-state index in [1.807, 2.05) is 42.3 Å². The SMILES string of the molecule is C=CCOc1ccc(CN(C)CC(=O)NCCC#N)cc1. The van der Waals surface area contributed by atoms with Gasteiger partial charge in [-0.25, -0.2) is 0 Å². The summed E-state index contributed by atoms with van der Waals surface area (Å²) >= 11 is 0. The van der Waals surface area contributed by atoms with Crippen LogP contribution in [0.4, 0.5) is 0 Å². The number of carbonyl (C=O) groups is 1. The lowest BCUT2D eigenvalue weighted by Crippen LogP contribution is -2.35. The van der Waals surface area contributed by atoms with Gasteiger partial charge in [0.05, 0.1) is 19.0 Å². The molecule has 1 amide bonds. The summed E-state index contributed by atoms with van der Waals surface area (Å²) in [5, 5.41) is 11.1. The van der Waals surface area contributed by atoms with Gasteiger partial charge in [0.25, 0.3) is 0 Å². The summed E-state index contributed by atoms with van der Waals surface area (Å²) in [5.41, 5.74) is 1.10. The predicted octanol–water partition coefficient (Wildman–Crippen LogP) is 1.71. The molecule has 0 aliphatic carbocycles. The average Bonchev–Trinajstić information content (AvgIpc) is 2.46. The minimum absolute atomic E-state index is 0.0707. The van der Waals surface area contributed by atoms with Crippen LogP contribution in [-0.2, 0) is 11.3 Å². The maximum atomic E-state index is 11.6. The fourth-order valence-electron chi connectivity index (χ4n) is 1.77. The van der Waals surface area contributed by atoms with Crippen LogP contribution < -0.4 is 10.1 Å². The minimum Gasteiger partial charge on any atom is -0.490 e. The van der Waals surface area contributed by atoms with E-state index >= 15 is 0 Å². The number of nitriles is 1. The zero-order valence-electron chi connectivity index (χ0n) is 12.3. The van der Waals surface area contributed by atoms with Crippen LogP contribution in [0.1, 0.15) is 12.0 Å². The Labute approximate surface area is 125 Å². The van der Waals surface area contributed by atoms with Gasteiger partial charge in [-0.1, -0.05) is 24.8 Å². The molecule has 0 radical (unpaired) electrons. The summed E-state index contributed by atoms with van der Waals surface area (Å²) in [4.78, 5) is 13.5. The molecule has 1 rings (SSSR count). The Morgan fingerprint density at radius 1 is 1.48 bits per heavy atom. The normalized spacial score (nSPS) is 9.95. The van der Waals surface area contributed by atoms with Crippen LogP contribution in [0.25, 0.3) is 0 Å². The second-order valence-electron chi connectivity index (χ2n) is 4.67. The number of benzene rings is 1. The topological polar surface area (TPSA) is 65.4 Å². The second-order valence-corrected chi connectivity index (χ2v) is 4.67. The zero-order chi connectivity index (χ0) is 15.5. The summed E-state index contributed by atoms with van der Waals surface area (Å²) in [7, 11) is 1.88. The number of rotatable bonds is 9. The molecule has 1 aromatic rings. The highest BCUT2D eigenvalue weighted by Crippen LogP contribution is 2.13. The third-order valence-electron chi connectivity index (χ3n) is 2.72. The van der Waals surface area contributed by atoms with Crippen LogP contribution in [0.3, 0.4) is 0 Å². The lowest BCUT2D eigenvalue weighted by Gasteiger charge is -2.16. The summed E-state index contributed by atoms with van der Waals surface area (Å²) < 4.78 is 5.41. The monoisotopic (exact) mass is 287 g/mol. The Hall–Kier alpha value is -2.32. The van der Waals surface area contributed by atoms with Crippen molar-refractivity contribution in [2.24, 2.45) is 0 Å². The van der Waals surface area contributed by atoms with E-state index in [1.54, 1.807) is 6.08 Å². The molecule has 0 bridgehead atoms. The van der Waals surface area contributed by atoms with Gasteiger partial charge in [-0.3, -0.25) is 9.69 Å². The lowest BCUT2D eigenvalue weighted by atomic mass is 10.2. The molecule has 0 aromatic heterocycles. The van der Waals surface area contributed by atoms with E-state index in [1.165, 1.54) is 0 Å². The van der Waals surface area contributed by atoms with Crippen molar-refractivity contribution in [2.45, 2.75) is 13.0 Å². The first-order chi connectivity index (χ1) is 10.2. The molecule has 0 unspecified atom stereocenters. The van der Waals surface area contributed by atoms with Gasteiger partial charge in [0.2, 0.25) is 5.91 Å². The van der Waals surface area contributed by atoms with Crippen molar-refractivity contribution in [1.82, 2.24) is 10.2 Å². The van der Waals surface area contributed by atoms with Crippen molar-refractivity contribution < 1.29 is 9.53 Å². The van der Waals surface area contributed by atoms with Crippen LogP contribution >= 0.6 is 0 Å². The number of nitrogens with one attached hydrogen (secondary N) is 1. The molecular formula is C16H21N3O2. The standard InChI is InChI=1S/C16H21N3O2/c1-3-11-21-15-7-5-14(6-8-15)12-19(2)13-16(20)18-10-4-9-17/h3,5-8H,1,4,10-13H2,2H3,(H,18,20). The van der Waals surface area contributed by atoms with Crippen molar-refractivity contribution in [3.05, 3.63) is 42.5 Å². The third kappa shape index (κ3) is 7.14. The van der Waals surface area contributed by atoms with Gasteiger partial charge in [0.15, 0.2) is 0 Å². The summed E-state index contributed by atoms with van der Waals surface area (Å²) in [6.07, 6.45) is 2.04. The van der Waals surface area contributed by atoms with Crippen molar-refractivity contribution >= 4 is 5.91 Å². The Kier molecular flexibility index (Phi) is 7.62. The highest BCUT2D eigenvalue weighted by Gasteiger charge is 2.06. The van der Waals surface area contributed by atoms with Crippen molar-refractivity contribution in [3.63, 3.8) is 0 Å². The first kappa shape index (κ1) is 16.7. The van der Waals surface area contributed by atoms with E-state index in [0.717, 1.165) is 11.3 Å². The molecule has 0 saturated carbocycles. The predicted molar refractivity (Wildman–Crippen MR) is 81.7 cm³/mol. The second kappa shape index (κ2) is 9.56. The van der Waals surface area contributed by atoms with Gasteiger partial charge in [0, 0.05) is 13.1 Å². The average molecular weight is 287 g/mol. The van der Waals surface area contributed by atoms with Gasteiger partial charge in [-0.05, 0) is 24.7 Å². The molecule has 0 saturated heterocycles. The smallest absolute Gasteiger partial charge is 0.234 e. The van der Waals surface area contributed by atoms with E-state index < -0.39 is 0 Å². The van der Waals surface area contributed by atoms with Gasteiger partial charge >= 0.3 is 0 Å². The number of likely N-dealkylation sites (N-methyl/N-ethyl adjacent to an activating group) is 1. The van der Waals surface area contributed by atoms with Crippen LogP contribution in [0, 0.1) is 11.3 Å². The van der Waals surface area contributed by atoms with Gasteiger partial charge < -0.3 is 10.1 Å². The molecule has 0 fully saturated rings. The number of amides is 1. The fraction of sp³-hybridized carbons (Fsp3) is 0.375. The van der Waals surface area contributed by atoms with E-state index in [9.17, 15) is 4.79 Å². The molecule has 1 N–H and O–H groups in total. The molecule has 5 nitrogen and oxygen atoms in total. The van der Waals surface area contributed by atoms with E-state index in [-0.39, 0.29) is 5.91 Å². The molecule has 21 heavy (non-hydrogen) atoms. The molecule has 1 aromatic carbocycles. The maximum Gasteiger partial charge on any atom is 0.234 e. The van der Waals surface area contributed by atoms with Gasteiger partial charge in [0.1, 0.15) is 12.4 Å². The van der Waals surface area contributed by atoms with E-state index in [0.29, 0.717) is 32.7 Å². The number of carbonyl (C=O) groups excluding carboxylic acids is 1. The van der Waals surface area contributed by atoms with Crippen molar-refractivity contribution in [1.29, 1.82) is 5.26 Å². The molecular weight excluding hydrogens is 266 g/mol.